The molecule has 0 bridgehead atoms. The number of hydrogen-bond acceptors (Lipinski definition) is 3. The number of nitrogens with zero attached hydrogens (tertiary/aromatic N) is 4. The molecule has 2 aromatic heterocycles. The molecule has 0 spiro atoms. The number of hydrogen-bond donors (Lipinski definition) is 1. The second kappa shape index (κ2) is 6.70. The molecule has 2 heterocycles. The van der Waals surface area contributed by atoms with Crippen LogP contribution in [0.5, 0.6) is 0 Å². The lowest BCUT2D eigenvalue weighted by molar-refractivity contribution is 0.496. The lowest BCUT2D eigenvalue weighted by Crippen LogP contribution is -2.25. The minimum Gasteiger partial charge on any atom is -0.308 e. The van der Waals surface area contributed by atoms with Crippen LogP contribution in [0.2, 0.25) is 0 Å². The smallest absolute Gasteiger partial charge is 0.0797 e. The van der Waals surface area contributed by atoms with Gasteiger partial charge in [-0.2, -0.15) is 10.2 Å². The average molecular weight is 275 g/mol. The Morgan fingerprint density at radius 1 is 1.25 bits per heavy atom. The van der Waals surface area contributed by atoms with Gasteiger partial charge in [0.25, 0.3) is 0 Å². The van der Waals surface area contributed by atoms with Crippen LogP contribution in [0.1, 0.15) is 43.4 Å². The van der Waals surface area contributed by atoms with Gasteiger partial charge < -0.3 is 5.32 Å². The Kier molecular flexibility index (Phi) is 4.95. The van der Waals surface area contributed by atoms with Crippen molar-refractivity contribution in [2.75, 3.05) is 6.54 Å². The van der Waals surface area contributed by atoms with Crippen molar-refractivity contribution in [1.82, 2.24) is 24.9 Å². The van der Waals surface area contributed by atoms with Gasteiger partial charge in [0.2, 0.25) is 0 Å². The van der Waals surface area contributed by atoms with Gasteiger partial charge in [-0.1, -0.05) is 13.8 Å². The Morgan fingerprint density at radius 2 is 2.05 bits per heavy atom. The van der Waals surface area contributed by atoms with E-state index in [1.165, 1.54) is 5.69 Å². The van der Waals surface area contributed by atoms with Crippen molar-refractivity contribution in [3.63, 3.8) is 0 Å². The zero-order chi connectivity index (χ0) is 14.5. The van der Waals surface area contributed by atoms with Gasteiger partial charge in [0.15, 0.2) is 0 Å². The minimum atomic E-state index is 0.247. The number of aryl methyl sites for hydroxylation is 3. The van der Waals surface area contributed by atoms with Crippen LogP contribution in [-0.4, -0.2) is 26.1 Å². The Hall–Kier alpha value is -1.62. The van der Waals surface area contributed by atoms with E-state index in [0.717, 1.165) is 37.2 Å². The largest absolute Gasteiger partial charge is 0.308 e. The molecule has 5 heteroatoms. The Bertz CT molecular complexity index is 540. The van der Waals surface area contributed by atoms with Crippen molar-refractivity contribution in [3.05, 3.63) is 35.4 Å². The van der Waals surface area contributed by atoms with Crippen LogP contribution in [0.4, 0.5) is 0 Å². The summed E-state index contributed by atoms with van der Waals surface area (Å²) in [6, 6.07) is 4.53. The molecule has 0 amide bonds. The van der Waals surface area contributed by atoms with Crippen LogP contribution in [-0.2, 0) is 26.9 Å². The molecule has 0 aromatic carbocycles. The second-order valence-electron chi connectivity index (χ2n) is 5.23. The highest BCUT2D eigenvalue weighted by atomic mass is 15.3. The van der Waals surface area contributed by atoms with E-state index in [1.54, 1.807) is 0 Å². The van der Waals surface area contributed by atoms with E-state index in [9.17, 15) is 0 Å². The molecule has 5 nitrogen and oxygen atoms in total. The quantitative estimate of drug-likeness (QED) is 0.841. The van der Waals surface area contributed by atoms with Crippen LogP contribution in [0.3, 0.4) is 0 Å². The first kappa shape index (κ1) is 14.8. The van der Waals surface area contributed by atoms with Crippen molar-refractivity contribution in [2.45, 2.75) is 39.2 Å². The normalized spacial score (nSPS) is 12.8. The molecule has 0 saturated heterocycles. The van der Waals surface area contributed by atoms with Crippen molar-refractivity contribution in [1.29, 1.82) is 0 Å². The number of aromatic nitrogens is 4. The SMILES string of the molecule is CCCNC(Cc1cc(CC)nn1C)c1ccn(C)n1. The molecule has 2 rings (SSSR count). The highest BCUT2D eigenvalue weighted by Crippen LogP contribution is 2.17. The van der Waals surface area contributed by atoms with E-state index in [4.69, 9.17) is 0 Å². The van der Waals surface area contributed by atoms with Crippen molar-refractivity contribution < 1.29 is 0 Å². The molecular weight excluding hydrogens is 250 g/mol. The summed E-state index contributed by atoms with van der Waals surface area (Å²) in [7, 11) is 3.98. The Morgan fingerprint density at radius 3 is 2.60 bits per heavy atom. The Labute approximate surface area is 121 Å². The second-order valence-corrected chi connectivity index (χ2v) is 5.23. The van der Waals surface area contributed by atoms with Crippen LogP contribution in [0, 0.1) is 0 Å². The van der Waals surface area contributed by atoms with E-state index in [0.29, 0.717) is 0 Å². The van der Waals surface area contributed by atoms with Gasteiger partial charge in [0, 0.05) is 32.4 Å². The van der Waals surface area contributed by atoms with Gasteiger partial charge in [-0.25, -0.2) is 0 Å². The van der Waals surface area contributed by atoms with Crippen molar-refractivity contribution in [2.24, 2.45) is 14.1 Å². The van der Waals surface area contributed by atoms with E-state index >= 15 is 0 Å². The third kappa shape index (κ3) is 3.48. The van der Waals surface area contributed by atoms with Gasteiger partial charge in [0.05, 0.1) is 17.4 Å². The van der Waals surface area contributed by atoms with E-state index < -0.39 is 0 Å². The molecule has 0 fully saturated rings. The third-order valence-corrected chi connectivity index (χ3v) is 3.53. The van der Waals surface area contributed by atoms with E-state index in [1.807, 2.05) is 29.7 Å². The van der Waals surface area contributed by atoms with Crippen molar-refractivity contribution in [3.8, 4) is 0 Å². The highest BCUT2D eigenvalue weighted by molar-refractivity contribution is 5.15. The zero-order valence-electron chi connectivity index (χ0n) is 12.9. The van der Waals surface area contributed by atoms with Gasteiger partial charge >= 0.3 is 0 Å². The molecule has 0 radical (unpaired) electrons. The van der Waals surface area contributed by atoms with Gasteiger partial charge in [-0.15, -0.1) is 0 Å². The fourth-order valence-corrected chi connectivity index (χ4v) is 2.36. The average Bonchev–Trinajstić information content (AvgIpc) is 3.01. The standard InChI is InChI=1S/C15H25N5/c1-5-8-16-15(14-7-9-19(3)18-14)11-13-10-12(6-2)17-20(13)4/h7,9-10,15-16H,5-6,8,11H2,1-4H3. The number of rotatable bonds is 7. The molecule has 110 valence electrons. The maximum atomic E-state index is 4.54. The number of nitrogens with one attached hydrogen (secondary N) is 1. The maximum absolute atomic E-state index is 4.54. The molecule has 1 atom stereocenters. The fraction of sp³-hybridized carbons (Fsp3) is 0.600. The van der Waals surface area contributed by atoms with E-state index in [2.05, 4.69) is 41.5 Å². The van der Waals surface area contributed by atoms with Crippen LogP contribution in [0.25, 0.3) is 0 Å². The van der Waals surface area contributed by atoms with Crippen molar-refractivity contribution >= 4 is 0 Å². The summed E-state index contributed by atoms with van der Waals surface area (Å²) < 4.78 is 3.85. The first-order chi connectivity index (χ1) is 9.63. The molecule has 0 saturated carbocycles. The summed E-state index contributed by atoms with van der Waals surface area (Å²) in [5.74, 6) is 0. The predicted molar refractivity (Wildman–Crippen MR) is 80.5 cm³/mol. The molecule has 1 N–H and O–H groups in total. The summed E-state index contributed by atoms with van der Waals surface area (Å²) in [6.45, 7) is 5.32. The molecule has 0 aliphatic carbocycles. The van der Waals surface area contributed by atoms with Gasteiger partial charge in [-0.05, 0) is 31.5 Å². The summed E-state index contributed by atoms with van der Waals surface area (Å²) in [4.78, 5) is 0. The lowest BCUT2D eigenvalue weighted by Gasteiger charge is -2.16. The van der Waals surface area contributed by atoms with Gasteiger partial charge in [0.1, 0.15) is 0 Å². The van der Waals surface area contributed by atoms with Crippen LogP contribution in [0.15, 0.2) is 18.3 Å². The molecule has 2 aromatic rings. The fourth-order valence-electron chi connectivity index (χ4n) is 2.36. The van der Waals surface area contributed by atoms with Crippen LogP contribution < -0.4 is 5.32 Å². The first-order valence-electron chi connectivity index (χ1n) is 7.38. The summed E-state index contributed by atoms with van der Waals surface area (Å²) in [5.41, 5.74) is 3.50. The minimum absolute atomic E-state index is 0.247. The van der Waals surface area contributed by atoms with Crippen LogP contribution >= 0.6 is 0 Å². The first-order valence-corrected chi connectivity index (χ1v) is 7.38. The maximum Gasteiger partial charge on any atom is 0.0797 e. The molecule has 0 aliphatic rings. The highest BCUT2D eigenvalue weighted by Gasteiger charge is 2.16. The predicted octanol–water partition coefficient (Wildman–Crippen LogP) is 2.00. The third-order valence-electron chi connectivity index (χ3n) is 3.53. The molecule has 1 unspecified atom stereocenters. The summed E-state index contributed by atoms with van der Waals surface area (Å²) in [5, 5.41) is 12.7. The molecule has 0 aliphatic heterocycles. The van der Waals surface area contributed by atoms with Gasteiger partial charge in [-0.3, -0.25) is 9.36 Å². The topological polar surface area (TPSA) is 47.7 Å². The Balaban J connectivity index is 2.16. The molecular formula is C15H25N5. The van der Waals surface area contributed by atoms with E-state index in [-0.39, 0.29) is 6.04 Å². The monoisotopic (exact) mass is 275 g/mol. The lowest BCUT2D eigenvalue weighted by atomic mass is 10.1. The summed E-state index contributed by atoms with van der Waals surface area (Å²) >= 11 is 0. The zero-order valence-corrected chi connectivity index (χ0v) is 12.9. The summed E-state index contributed by atoms with van der Waals surface area (Å²) in [6.07, 6.45) is 5.01. The molecule has 20 heavy (non-hydrogen) atoms.